The molecule has 0 bridgehead atoms. The van der Waals surface area contributed by atoms with Gasteiger partial charge in [-0.25, -0.2) is 9.18 Å². The molecule has 132 valence electrons. The number of benzene rings is 2. The lowest BCUT2D eigenvalue weighted by atomic mass is 10.1. The number of carbonyl (C=O) groups is 1. The second kappa shape index (κ2) is 7.78. The summed E-state index contributed by atoms with van der Waals surface area (Å²) >= 11 is 0. The zero-order chi connectivity index (χ0) is 18.5. The van der Waals surface area contributed by atoms with Gasteiger partial charge in [-0.3, -0.25) is 4.98 Å². The maximum absolute atomic E-state index is 13.8. The molecule has 0 radical (unpaired) electrons. The molecule has 1 unspecified atom stereocenters. The summed E-state index contributed by atoms with van der Waals surface area (Å²) in [5, 5.41) is 5.51. The number of rotatable bonds is 4. The molecule has 5 heteroatoms. The molecule has 3 aromatic rings. The first kappa shape index (κ1) is 17.6. The first-order valence-corrected chi connectivity index (χ1v) is 8.38. The van der Waals surface area contributed by atoms with E-state index in [4.69, 9.17) is 0 Å². The van der Waals surface area contributed by atoms with Crippen LogP contribution in [0, 0.1) is 12.7 Å². The van der Waals surface area contributed by atoms with E-state index >= 15 is 0 Å². The molecule has 0 saturated heterocycles. The normalized spacial score (nSPS) is 11.7. The van der Waals surface area contributed by atoms with Crippen LogP contribution in [0.1, 0.15) is 24.2 Å². The quantitative estimate of drug-likeness (QED) is 0.690. The van der Waals surface area contributed by atoms with Crippen LogP contribution in [0.5, 0.6) is 0 Å². The Hall–Kier alpha value is -3.21. The van der Waals surface area contributed by atoms with Crippen molar-refractivity contribution in [3.63, 3.8) is 0 Å². The number of hydrogen-bond donors (Lipinski definition) is 2. The van der Waals surface area contributed by atoms with Gasteiger partial charge in [0.05, 0.1) is 6.04 Å². The monoisotopic (exact) mass is 349 g/mol. The number of amides is 2. The summed E-state index contributed by atoms with van der Waals surface area (Å²) in [6.07, 6.45) is 1.77. The number of anilines is 1. The number of aromatic nitrogens is 1. The van der Waals surface area contributed by atoms with Crippen molar-refractivity contribution in [3.8, 4) is 11.1 Å². The molecule has 1 atom stereocenters. The van der Waals surface area contributed by atoms with Gasteiger partial charge in [0.2, 0.25) is 0 Å². The zero-order valence-corrected chi connectivity index (χ0v) is 14.7. The van der Waals surface area contributed by atoms with Crippen molar-refractivity contribution in [2.75, 3.05) is 5.32 Å². The predicted octanol–water partition coefficient (Wildman–Crippen LogP) is 5.08. The van der Waals surface area contributed by atoms with Crippen LogP contribution < -0.4 is 10.6 Å². The topological polar surface area (TPSA) is 54.0 Å². The number of carbonyl (C=O) groups excluding carboxylic acids is 1. The molecule has 0 fully saturated rings. The number of nitrogens with one attached hydrogen (secondary N) is 2. The van der Waals surface area contributed by atoms with Crippen LogP contribution >= 0.6 is 0 Å². The average Bonchev–Trinajstić information content (AvgIpc) is 2.62. The Morgan fingerprint density at radius 1 is 1.04 bits per heavy atom. The molecule has 4 nitrogen and oxygen atoms in total. The van der Waals surface area contributed by atoms with Crippen molar-refractivity contribution >= 4 is 11.7 Å². The lowest BCUT2D eigenvalue weighted by molar-refractivity contribution is 0.249. The summed E-state index contributed by atoms with van der Waals surface area (Å²) in [5.74, 6) is -0.336. The minimum absolute atomic E-state index is 0.336. The van der Waals surface area contributed by atoms with Crippen molar-refractivity contribution in [1.82, 2.24) is 10.3 Å². The lowest BCUT2D eigenvalue weighted by Crippen LogP contribution is -2.31. The number of halogens is 1. The Labute approximate surface area is 152 Å². The van der Waals surface area contributed by atoms with Gasteiger partial charge in [-0.15, -0.1) is 0 Å². The molecule has 0 aliphatic heterocycles. The first-order valence-electron chi connectivity index (χ1n) is 8.38. The van der Waals surface area contributed by atoms with Crippen LogP contribution in [0.15, 0.2) is 66.9 Å². The predicted molar refractivity (Wildman–Crippen MR) is 101 cm³/mol. The van der Waals surface area contributed by atoms with E-state index in [1.807, 2.05) is 43.3 Å². The molecule has 1 heterocycles. The van der Waals surface area contributed by atoms with Crippen LogP contribution in [0.4, 0.5) is 14.9 Å². The molecule has 3 rings (SSSR count). The molecule has 0 saturated carbocycles. The van der Waals surface area contributed by atoms with Gasteiger partial charge in [-0.2, -0.15) is 0 Å². The molecular weight excluding hydrogens is 329 g/mol. The van der Waals surface area contributed by atoms with E-state index < -0.39 is 6.04 Å². The van der Waals surface area contributed by atoms with E-state index in [9.17, 15) is 9.18 Å². The van der Waals surface area contributed by atoms with Crippen LogP contribution in [-0.2, 0) is 0 Å². The van der Waals surface area contributed by atoms with Gasteiger partial charge in [-0.1, -0.05) is 30.3 Å². The fourth-order valence-electron chi connectivity index (χ4n) is 2.74. The van der Waals surface area contributed by atoms with Crippen molar-refractivity contribution in [3.05, 3.63) is 83.9 Å². The van der Waals surface area contributed by atoms with Crippen molar-refractivity contribution in [2.24, 2.45) is 0 Å². The van der Waals surface area contributed by atoms with E-state index in [0.717, 1.165) is 16.8 Å². The van der Waals surface area contributed by atoms with Gasteiger partial charge in [0, 0.05) is 23.1 Å². The lowest BCUT2D eigenvalue weighted by Gasteiger charge is -2.16. The maximum atomic E-state index is 13.8. The van der Waals surface area contributed by atoms with Crippen LogP contribution in [0.3, 0.4) is 0 Å². The Bertz CT molecular complexity index is 909. The largest absolute Gasteiger partial charge is 0.331 e. The van der Waals surface area contributed by atoms with Gasteiger partial charge < -0.3 is 10.6 Å². The van der Waals surface area contributed by atoms with E-state index in [-0.39, 0.29) is 11.8 Å². The number of pyridine rings is 1. The summed E-state index contributed by atoms with van der Waals surface area (Å²) in [4.78, 5) is 16.3. The van der Waals surface area contributed by atoms with E-state index in [0.29, 0.717) is 11.3 Å². The first-order chi connectivity index (χ1) is 12.5. The second-order valence-corrected chi connectivity index (χ2v) is 6.10. The highest BCUT2D eigenvalue weighted by Crippen LogP contribution is 2.22. The SMILES string of the molecule is Cc1cc(-c2ccc(NC(=O)NC(C)c3ccccc3F)cc2)ccn1. The second-order valence-electron chi connectivity index (χ2n) is 6.10. The molecule has 0 spiro atoms. The Morgan fingerprint density at radius 2 is 1.77 bits per heavy atom. The molecule has 2 amide bonds. The Balaban J connectivity index is 1.64. The van der Waals surface area contributed by atoms with Gasteiger partial charge >= 0.3 is 6.03 Å². The van der Waals surface area contributed by atoms with Crippen molar-refractivity contribution < 1.29 is 9.18 Å². The van der Waals surface area contributed by atoms with Gasteiger partial charge in [0.1, 0.15) is 5.82 Å². The molecule has 1 aromatic heterocycles. The Morgan fingerprint density at radius 3 is 2.46 bits per heavy atom. The highest BCUT2D eigenvalue weighted by atomic mass is 19.1. The molecule has 2 aromatic carbocycles. The summed E-state index contributed by atoms with van der Waals surface area (Å²) in [6, 6.07) is 17.1. The molecule has 26 heavy (non-hydrogen) atoms. The van der Waals surface area contributed by atoms with Crippen LogP contribution in [0.25, 0.3) is 11.1 Å². The third kappa shape index (κ3) is 4.25. The zero-order valence-electron chi connectivity index (χ0n) is 14.7. The van der Waals surface area contributed by atoms with Crippen molar-refractivity contribution in [1.29, 1.82) is 0 Å². The minimum Gasteiger partial charge on any atom is -0.331 e. The van der Waals surface area contributed by atoms with Gasteiger partial charge in [-0.05, 0) is 55.3 Å². The van der Waals surface area contributed by atoms with Gasteiger partial charge in [0.25, 0.3) is 0 Å². The van der Waals surface area contributed by atoms with E-state index in [2.05, 4.69) is 15.6 Å². The fourth-order valence-corrected chi connectivity index (χ4v) is 2.74. The smallest absolute Gasteiger partial charge is 0.319 e. The molecule has 2 N–H and O–H groups in total. The summed E-state index contributed by atoms with van der Waals surface area (Å²) in [5.41, 5.74) is 4.18. The molecule has 0 aliphatic rings. The Kier molecular flexibility index (Phi) is 5.27. The number of hydrogen-bond acceptors (Lipinski definition) is 2. The molecular formula is C21H20FN3O. The number of urea groups is 1. The fraction of sp³-hybridized carbons (Fsp3) is 0.143. The highest BCUT2D eigenvalue weighted by Gasteiger charge is 2.13. The summed E-state index contributed by atoms with van der Waals surface area (Å²) < 4.78 is 13.8. The number of nitrogens with zero attached hydrogens (tertiary/aromatic N) is 1. The standard InChI is InChI=1S/C21H20FN3O/c1-14-13-17(11-12-23-14)16-7-9-18(10-8-16)25-21(26)24-15(2)19-5-3-4-6-20(19)22/h3-13,15H,1-2H3,(H2,24,25,26). The molecule has 0 aliphatic carbocycles. The third-order valence-electron chi connectivity index (χ3n) is 4.09. The summed E-state index contributed by atoms with van der Waals surface area (Å²) in [7, 11) is 0. The number of aryl methyl sites for hydroxylation is 1. The van der Waals surface area contributed by atoms with Crippen LogP contribution in [0.2, 0.25) is 0 Å². The third-order valence-corrected chi connectivity index (χ3v) is 4.09. The van der Waals surface area contributed by atoms with Gasteiger partial charge in [0.15, 0.2) is 0 Å². The van der Waals surface area contributed by atoms with Crippen molar-refractivity contribution in [2.45, 2.75) is 19.9 Å². The maximum Gasteiger partial charge on any atom is 0.319 e. The average molecular weight is 349 g/mol. The van der Waals surface area contributed by atoms with E-state index in [1.54, 1.807) is 31.3 Å². The van der Waals surface area contributed by atoms with E-state index in [1.165, 1.54) is 6.07 Å². The van der Waals surface area contributed by atoms with Crippen LogP contribution in [-0.4, -0.2) is 11.0 Å². The highest BCUT2D eigenvalue weighted by molar-refractivity contribution is 5.89. The minimum atomic E-state index is -0.435. The summed E-state index contributed by atoms with van der Waals surface area (Å²) in [6.45, 7) is 3.69.